The molecule has 4 nitrogen and oxygen atoms in total. The second kappa shape index (κ2) is 10.7. The van der Waals surface area contributed by atoms with E-state index in [2.05, 4.69) is 75.8 Å². The largest absolute Gasteiger partial charge is 0.351 e. The summed E-state index contributed by atoms with van der Waals surface area (Å²) in [6, 6.07) is 25.9. The van der Waals surface area contributed by atoms with Crippen molar-refractivity contribution in [2.24, 2.45) is 0 Å². The quantitative estimate of drug-likeness (QED) is 0.528. The minimum atomic E-state index is 0.0523. The Morgan fingerprint density at radius 1 is 0.903 bits per heavy atom. The molecule has 1 aromatic heterocycles. The van der Waals surface area contributed by atoms with Crippen LogP contribution < -0.4 is 5.32 Å². The van der Waals surface area contributed by atoms with Gasteiger partial charge in [-0.3, -0.25) is 9.69 Å². The molecule has 1 aliphatic heterocycles. The van der Waals surface area contributed by atoms with E-state index >= 15 is 0 Å². The van der Waals surface area contributed by atoms with Crippen LogP contribution in [0.3, 0.4) is 0 Å². The van der Waals surface area contributed by atoms with Crippen LogP contribution in [-0.4, -0.2) is 55.0 Å². The zero-order valence-corrected chi connectivity index (χ0v) is 19.0. The minimum Gasteiger partial charge on any atom is -0.351 e. The van der Waals surface area contributed by atoms with E-state index in [1.165, 1.54) is 16.0 Å². The Kier molecular flexibility index (Phi) is 7.52. The number of nitrogens with zero attached hydrogens (tertiary/aromatic N) is 2. The number of hydrogen-bond donors (Lipinski definition) is 1. The van der Waals surface area contributed by atoms with Crippen LogP contribution in [0.4, 0.5) is 0 Å². The number of rotatable bonds is 8. The lowest BCUT2D eigenvalue weighted by Gasteiger charge is -2.39. The van der Waals surface area contributed by atoms with Gasteiger partial charge in [0.25, 0.3) is 5.91 Å². The van der Waals surface area contributed by atoms with Crippen molar-refractivity contribution in [1.82, 2.24) is 15.1 Å². The number of nitrogens with one attached hydrogen (secondary N) is 1. The molecule has 3 aromatic rings. The van der Waals surface area contributed by atoms with Gasteiger partial charge in [-0.1, -0.05) is 60.7 Å². The number of benzene rings is 2. The number of aryl methyl sites for hydroxylation is 1. The summed E-state index contributed by atoms with van der Waals surface area (Å²) in [6.07, 6.45) is 0.983. The number of carbonyl (C=O) groups is 1. The summed E-state index contributed by atoms with van der Waals surface area (Å²) in [6.45, 7) is 8.01. The zero-order chi connectivity index (χ0) is 21.5. The lowest BCUT2D eigenvalue weighted by atomic mass is 9.96. The maximum atomic E-state index is 12.2. The topological polar surface area (TPSA) is 35.6 Å². The molecule has 0 atom stereocenters. The molecule has 0 radical (unpaired) electrons. The van der Waals surface area contributed by atoms with Crippen LogP contribution in [-0.2, 0) is 0 Å². The number of thiophene rings is 1. The van der Waals surface area contributed by atoms with E-state index in [9.17, 15) is 4.79 Å². The molecule has 31 heavy (non-hydrogen) atoms. The molecule has 0 spiro atoms. The molecule has 1 fully saturated rings. The molecule has 1 aliphatic rings. The van der Waals surface area contributed by atoms with Crippen LogP contribution in [0.15, 0.2) is 72.8 Å². The number of hydrogen-bond acceptors (Lipinski definition) is 4. The highest BCUT2D eigenvalue weighted by molar-refractivity contribution is 7.13. The van der Waals surface area contributed by atoms with Gasteiger partial charge in [0.05, 0.1) is 10.9 Å². The Balaban J connectivity index is 1.27. The molecule has 4 rings (SSSR count). The van der Waals surface area contributed by atoms with Gasteiger partial charge in [-0.15, -0.1) is 11.3 Å². The Hall–Kier alpha value is -2.47. The SMILES string of the molecule is Cc1ccc(C(=O)NCCCN2CCN(C(c3ccccc3)c3ccccc3)CC2)s1. The first kappa shape index (κ1) is 21.8. The standard InChI is InChI=1S/C26H31N3OS/c1-21-13-14-24(31-21)26(30)27-15-8-16-28-17-19-29(20-18-28)25(22-9-4-2-5-10-22)23-11-6-3-7-12-23/h2-7,9-14,25H,8,15-20H2,1H3,(H,27,30). The van der Waals surface area contributed by atoms with Gasteiger partial charge in [-0.25, -0.2) is 0 Å². The third kappa shape index (κ3) is 5.82. The van der Waals surface area contributed by atoms with Gasteiger partial charge in [0.15, 0.2) is 0 Å². The molecular formula is C26H31N3OS. The van der Waals surface area contributed by atoms with E-state index in [4.69, 9.17) is 0 Å². The van der Waals surface area contributed by atoms with E-state index < -0.39 is 0 Å². The maximum Gasteiger partial charge on any atom is 0.261 e. The van der Waals surface area contributed by atoms with Crippen molar-refractivity contribution in [3.8, 4) is 0 Å². The second-order valence-corrected chi connectivity index (χ2v) is 9.41. The van der Waals surface area contributed by atoms with E-state index in [1.54, 1.807) is 11.3 Å². The molecule has 1 amide bonds. The van der Waals surface area contributed by atoms with Crippen LogP contribution in [0.2, 0.25) is 0 Å². The van der Waals surface area contributed by atoms with Gasteiger partial charge >= 0.3 is 0 Å². The first-order valence-corrected chi connectivity index (χ1v) is 11.9. The molecule has 0 unspecified atom stereocenters. The van der Waals surface area contributed by atoms with Gasteiger partial charge in [-0.2, -0.15) is 0 Å². The molecule has 0 saturated carbocycles. The number of piperazine rings is 1. The van der Waals surface area contributed by atoms with Gasteiger partial charge in [-0.05, 0) is 43.1 Å². The lowest BCUT2D eigenvalue weighted by molar-refractivity contribution is 0.0945. The summed E-state index contributed by atoms with van der Waals surface area (Å²) >= 11 is 1.55. The van der Waals surface area contributed by atoms with E-state index in [0.29, 0.717) is 6.04 Å². The third-order valence-electron chi connectivity index (χ3n) is 5.90. The Bertz CT molecular complexity index is 910. The molecule has 5 heteroatoms. The Morgan fingerprint density at radius 2 is 1.52 bits per heavy atom. The minimum absolute atomic E-state index is 0.0523. The highest BCUT2D eigenvalue weighted by Crippen LogP contribution is 2.29. The molecule has 162 valence electrons. The first-order valence-electron chi connectivity index (χ1n) is 11.1. The van der Waals surface area contributed by atoms with Crippen molar-refractivity contribution in [2.45, 2.75) is 19.4 Å². The lowest BCUT2D eigenvalue weighted by Crippen LogP contribution is -2.48. The van der Waals surface area contributed by atoms with Crippen molar-refractivity contribution in [3.05, 3.63) is 93.7 Å². The van der Waals surface area contributed by atoms with Crippen molar-refractivity contribution < 1.29 is 4.79 Å². The van der Waals surface area contributed by atoms with Crippen molar-refractivity contribution in [3.63, 3.8) is 0 Å². The van der Waals surface area contributed by atoms with Crippen LogP contribution in [0.25, 0.3) is 0 Å². The first-order chi connectivity index (χ1) is 15.2. The van der Waals surface area contributed by atoms with Crippen molar-refractivity contribution in [1.29, 1.82) is 0 Å². The molecule has 2 aromatic carbocycles. The fourth-order valence-electron chi connectivity index (χ4n) is 4.28. The summed E-state index contributed by atoms with van der Waals surface area (Å²) < 4.78 is 0. The van der Waals surface area contributed by atoms with E-state index in [0.717, 1.165) is 50.6 Å². The molecule has 1 N–H and O–H groups in total. The Labute approximate surface area is 189 Å². The number of amides is 1. The smallest absolute Gasteiger partial charge is 0.261 e. The summed E-state index contributed by atoms with van der Waals surface area (Å²) in [4.78, 5) is 19.3. The van der Waals surface area contributed by atoms with Gasteiger partial charge in [0.1, 0.15) is 0 Å². The van der Waals surface area contributed by atoms with Gasteiger partial charge in [0.2, 0.25) is 0 Å². The normalized spacial score (nSPS) is 15.3. The van der Waals surface area contributed by atoms with E-state index in [-0.39, 0.29) is 5.91 Å². The highest BCUT2D eigenvalue weighted by atomic mass is 32.1. The van der Waals surface area contributed by atoms with Crippen molar-refractivity contribution >= 4 is 17.2 Å². The van der Waals surface area contributed by atoms with Crippen LogP contribution in [0.5, 0.6) is 0 Å². The fraction of sp³-hybridized carbons (Fsp3) is 0.346. The predicted molar refractivity (Wildman–Crippen MR) is 129 cm³/mol. The third-order valence-corrected chi connectivity index (χ3v) is 6.90. The zero-order valence-electron chi connectivity index (χ0n) is 18.2. The number of carbonyl (C=O) groups excluding carboxylic acids is 1. The average molecular weight is 434 g/mol. The molecule has 0 bridgehead atoms. The predicted octanol–water partition coefficient (Wildman–Crippen LogP) is 4.58. The average Bonchev–Trinajstić information content (AvgIpc) is 3.26. The molecule has 0 aliphatic carbocycles. The molecular weight excluding hydrogens is 402 g/mol. The molecule has 2 heterocycles. The summed E-state index contributed by atoms with van der Waals surface area (Å²) in [5, 5.41) is 3.06. The summed E-state index contributed by atoms with van der Waals surface area (Å²) in [7, 11) is 0. The van der Waals surface area contributed by atoms with Crippen molar-refractivity contribution in [2.75, 3.05) is 39.3 Å². The second-order valence-electron chi connectivity index (χ2n) is 8.12. The van der Waals surface area contributed by atoms with Gasteiger partial charge in [0, 0.05) is 37.6 Å². The van der Waals surface area contributed by atoms with Crippen LogP contribution in [0.1, 0.15) is 38.1 Å². The van der Waals surface area contributed by atoms with Gasteiger partial charge < -0.3 is 10.2 Å². The van der Waals surface area contributed by atoms with Crippen LogP contribution in [0, 0.1) is 6.92 Å². The summed E-state index contributed by atoms with van der Waals surface area (Å²) in [5.41, 5.74) is 2.71. The van der Waals surface area contributed by atoms with E-state index in [1.807, 2.05) is 19.1 Å². The maximum absolute atomic E-state index is 12.2. The summed E-state index contributed by atoms with van der Waals surface area (Å²) in [5.74, 6) is 0.0523. The van der Waals surface area contributed by atoms with Crippen LogP contribution >= 0.6 is 11.3 Å². The fourth-order valence-corrected chi connectivity index (χ4v) is 5.06. The highest BCUT2D eigenvalue weighted by Gasteiger charge is 2.26. The Morgan fingerprint density at radius 3 is 2.06 bits per heavy atom. The molecule has 1 saturated heterocycles. The monoisotopic (exact) mass is 433 g/mol.